The Morgan fingerprint density at radius 1 is 1.60 bits per heavy atom. The second kappa shape index (κ2) is 4.90. The summed E-state index contributed by atoms with van der Waals surface area (Å²) in [5.41, 5.74) is 5.57. The van der Waals surface area contributed by atoms with E-state index in [0.29, 0.717) is 0 Å². The van der Waals surface area contributed by atoms with Crippen LogP contribution in [0.25, 0.3) is 0 Å². The van der Waals surface area contributed by atoms with Crippen molar-refractivity contribution in [1.29, 1.82) is 0 Å². The van der Waals surface area contributed by atoms with E-state index in [1.807, 2.05) is 0 Å². The van der Waals surface area contributed by atoms with Gasteiger partial charge in [0.2, 0.25) is 5.13 Å². The second-order valence-electron chi connectivity index (χ2n) is 4.02. The van der Waals surface area contributed by atoms with Crippen LogP contribution >= 0.6 is 11.5 Å². The van der Waals surface area contributed by atoms with E-state index in [2.05, 4.69) is 21.2 Å². The molecule has 0 aromatic carbocycles. The fraction of sp³-hybridized carbons (Fsp3) is 0.800. The number of aryl methyl sites for hydroxylation is 1. The highest BCUT2D eigenvalue weighted by atomic mass is 32.1. The summed E-state index contributed by atoms with van der Waals surface area (Å²) in [6, 6.07) is 0. The van der Waals surface area contributed by atoms with E-state index < -0.39 is 0 Å². The van der Waals surface area contributed by atoms with Gasteiger partial charge in [0.05, 0.1) is 0 Å². The third-order valence-corrected chi connectivity index (χ3v) is 3.72. The first-order chi connectivity index (χ1) is 7.33. The van der Waals surface area contributed by atoms with Gasteiger partial charge in [-0.1, -0.05) is 6.92 Å². The van der Waals surface area contributed by atoms with Crippen molar-refractivity contribution in [1.82, 2.24) is 9.36 Å². The quantitative estimate of drug-likeness (QED) is 0.840. The van der Waals surface area contributed by atoms with Crippen LogP contribution in [-0.4, -0.2) is 29.0 Å². The molecule has 2 N–H and O–H groups in total. The average molecular weight is 226 g/mol. The van der Waals surface area contributed by atoms with Crippen LogP contribution in [0.3, 0.4) is 0 Å². The maximum absolute atomic E-state index is 5.57. The van der Waals surface area contributed by atoms with Crippen LogP contribution in [0.4, 0.5) is 5.13 Å². The second-order valence-corrected chi connectivity index (χ2v) is 4.76. The Balaban J connectivity index is 1.95. The topological polar surface area (TPSA) is 55.0 Å². The molecular formula is C10H18N4S. The normalized spacial score (nSPS) is 21.2. The molecule has 1 aromatic heterocycles. The lowest BCUT2D eigenvalue weighted by Crippen LogP contribution is -2.20. The van der Waals surface area contributed by atoms with Crippen LogP contribution in [0.15, 0.2) is 0 Å². The van der Waals surface area contributed by atoms with E-state index in [4.69, 9.17) is 5.73 Å². The van der Waals surface area contributed by atoms with Gasteiger partial charge in [-0.05, 0) is 25.3 Å². The minimum atomic E-state index is 0.754. The average Bonchev–Trinajstić information content (AvgIpc) is 2.85. The Morgan fingerprint density at radius 3 is 3.13 bits per heavy atom. The molecule has 0 aliphatic carbocycles. The van der Waals surface area contributed by atoms with E-state index in [1.54, 1.807) is 0 Å². The van der Waals surface area contributed by atoms with Gasteiger partial charge in [0.15, 0.2) is 0 Å². The molecule has 0 bridgehead atoms. The molecule has 1 atom stereocenters. The lowest BCUT2D eigenvalue weighted by atomic mass is 10.1. The molecule has 0 amide bonds. The van der Waals surface area contributed by atoms with Gasteiger partial charge in [0.1, 0.15) is 5.82 Å². The lowest BCUT2D eigenvalue weighted by Gasteiger charge is -2.13. The first-order valence-corrected chi connectivity index (χ1v) is 6.38. The molecule has 1 aliphatic rings. The van der Waals surface area contributed by atoms with Gasteiger partial charge in [-0.2, -0.15) is 4.37 Å². The Hall–Kier alpha value is -0.680. The molecule has 4 nitrogen and oxygen atoms in total. The zero-order chi connectivity index (χ0) is 10.7. The monoisotopic (exact) mass is 226 g/mol. The maximum atomic E-state index is 5.57. The number of aromatic nitrogens is 2. The zero-order valence-corrected chi connectivity index (χ0v) is 9.96. The number of anilines is 1. The van der Waals surface area contributed by atoms with Crippen molar-refractivity contribution in [2.24, 2.45) is 11.7 Å². The lowest BCUT2D eigenvalue weighted by molar-refractivity contribution is 0.546. The highest BCUT2D eigenvalue weighted by molar-refractivity contribution is 7.09. The highest BCUT2D eigenvalue weighted by Gasteiger charge is 2.24. The molecule has 2 heterocycles. The molecule has 15 heavy (non-hydrogen) atoms. The minimum Gasteiger partial charge on any atom is -0.347 e. The predicted molar refractivity (Wildman–Crippen MR) is 63.3 cm³/mol. The molecule has 1 saturated heterocycles. The SMILES string of the molecule is CCc1nsc(N2CCC(CCN)C2)n1. The summed E-state index contributed by atoms with van der Waals surface area (Å²) in [7, 11) is 0. The van der Waals surface area contributed by atoms with Crippen molar-refractivity contribution in [3.05, 3.63) is 5.82 Å². The number of hydrogen-bond donors (Lipinski definition) is 1. The van der Waals surface area contributed by atoms with Crippen LogP contribution in [0.1, 0.15) is 25.6 Å². The van der Waals surface area contributed by atoms with E-state index in [0.717, 1.165) is 49.3 Å². The van der Waals surface area contributed by atoms with Gasteiger partial charge in [0, 0.05) is 31.0 Å². The zero-order valence-electron chi connectivity index (χ0n) is 9.15. The van der Waals surface area contributed by atoms with Crippen molar-refractivity contribution in [3.63, 3.8) is 0 Å². The molecule has 0 radical (unpaired) electrons. The van der Waals surface area contributed by atoms with Crippen LogP contribution in [0, 0.1) is 5.92 Å². The Kier molecular flexibility index (Phi) is 3.53. The van der Waals surface area contributed by atoms with Crippen molar-refractivity contribution in [2.75, 3.05) is 24.5 Å². The summed E-state index contributed by atoms with van der Waals surface area (Å²) in [6.45, 7) is 5.11. The summed E-state index contributed by atoms with van der Waals surface area (Å²) in [6.07, 6.45) is 3.31. The summed E-state index contributed by atoms with van der Waals surface area (Å²) >= 11 is 1.53. The predicted octanol–water partition coefficient (Wildman–Crippen LogP) is 1.28. The smallest absolute Gasteiger partial charge is 0.205 e. The van der Waals surface area contributed by atoms with Gasteiger partial charge >= 0.3 is 0 Å². The van der Waals surface area contributed by atoms with E-state index in [-0.39, 0.29) is 0 Å². The Labute approximate surface area is 94.7 Å². The van der Waals surface area contributed by atoms with Crippen LogP contribution < -0.4 is 10.6 Å². The molecule has 1 fully saturated rings. The summed E-state index contributed by atoms with van der Waals surface area (Å²) in [5.74, 6) is 1.72. The van der Waals surface area contributed by atoms with Gasteiger partial charge in [-0.3, -0.25) is 0 Å². The standard InChI is InChI=1S/C10H18N4S/c1-2-9-12-10(15-13-9)14-6-4-8(7-14)3-5-11/h8H,2-7,11H2,1H3. The third kappa shape index (κ3) is 2.46. The van der Waals surface area contributed by atoms with Gasteiger partial charge in [-0.25, -0.2) is 4.98 Å². The molecule has 1 unspecified atom stereocenters. The van der Waals surface area contributed by atoms with Crippen molar-refractivity contribution in [2.45, 2.75) is 26.2 Å². The Morgan fingerprint density at radius 2 is 2.47 bits per heavy atom. The molecule has 0 saturated carbocycles. The number of rotatable bonds is 4. The molecule has 0 spiro atoms. The highest BCUT2D eigenvalue weighted by Crippen LogP contribution is 2.26. The molecule has 1 aromatic rings. The van der Waals surface area contributed by atoms with Crippen LogP contribution in [0.2, 0.25) is 0 Å². The van der Waals surface area contributed by atoms with Crippen molar-refractivity contribution < 1.29 is 0 Å². The van der Waals surface area contributed by atoms with Gasteiger partial charge in [-0.15, -0.1) is 0 Å². The first kappa shape index (κ1) is 10.8. The molecule has 84 valence electrons. The molecule has 5 heteroatoms. The summed E-state index contributed by atoms with van der Waals surface area (Å²) in [4.78, 5) is 6.85. The Bertz CT molecular complexity index is 312. The van der Waals surface area contributed by atoms with Crippen molar-refractivity contribution >= 4 is 16.7 Å². The van der Waals surface area contributed by atoms with E-state index in [1.165, 1.54) is 18.0 Å². The van der Waals surface area contributed by atoms with Crippen molar-refractivity contribution in [3.8, 4) is 0 Å². The molecule has 2 rings (SSSR count). The molecule has 1 aliphatic heterocycles. The maximum Gasteiger partial charge on any atom is 0.205 e. The number of hydrogen-bond acceptors (Lipinski definition) is 5. The fourth-order valence-electron chi connectivity index (χ4n) is 1.99. The summed E-state index contributed by atoms with van der Waals surface area (Å²) < 4.78 is 4.31. The largest absolute Gasteiger partial charge is 0.347 e. The van der Waals surface area contributed by atoms with Gasteiger partial charge < -0.3 is 10.6 Å². The molecular weight excluding hydrogens is 208 g/mol. The van der Waals surface area contributed by atoms with Gasteiger partial charge in [0.25, 0.3) is 0 Å². The third-order valence-electron chi connectivity index (χ3n) is 2.90. The minimum absolute atomic E-state index is 0.754. The first-order valence-electron chi connectivity index (χ1n) is 5.61. The fourth-order valence-corrected chi connectivity index (χ4v) is 2.78. The summed E-state index contributed by atoms with van der Waals surface area (Å²) in [5, 5.41) is 1.09. The number of nitrogens with two attached hydrogens (primary N) is 1. The van der Waals surface area contributed by atoms with E-state index in [9.17, 15) is 0 Å². The van der Waals surface area contributed by atoms with Crippen LogP contribution in [-0.2, 0) is 6.42 Å². The number of nitrogens with zero attached hydrogens (tertiary/aromatic N) is 3. The van der Waals surface area contributed by atoms with E-state index >= 15 is 0 Å². The van der Waals surface area contributed by atoms with Crippen LogP contribution in [0.5, 0.6) is 0 Å².